The maximum absolute atomic E-state index is 13.7. The molecule has 1 N–H and O–H groups in total. The second-order valence-electron chi connectivity index (χ2n) is 6.82. The Morgan fingerprint density at radius 1 is 0.933 bits per heavy atom. The van der Waals surface area contributed by atoms with Gasteiger partial charge in [-0.05, 0) is 49.7 Å². The van der Waals surface area contributed by atoms with Crippen molar-refractivity contribution >= 4 is 21.6 Å². The SMILES string of the molecule is Cc1ccc(S(=O)(=O)N(CCCNC(=O)c2ccccc2F)c2ccccc2)cc1. The van der Waals surface area contributed by atoms with Crippen LogP contribution >= 0.6 is 0 Å². The van der Waals surface area contributed by atoms with E-state index in [9.17, 15) is 17.6 Å². The van der Waals surface area contributed by atoms with Crippen LogP contribution in [0.4, 0.5) is 10.1 Å². The molecule has 0 aliphatic heterocycles. The zero-order valence-corrected chi connectivity index (χ0v) is 17.4. The number of anilines is 1. The molecule has 3 aromatic carbocycles. The van der Waals surface area contributed by atoms with E-state index in [0.717, 1.165) is 5.56 Å². The van der Waals surface area contributed by atoms with Crippen molar-refractivity contribution in [2.24, 2.45) is 0 Å². The van der Waals surface area contributed by atoms with Crippen LogP contribution in [0.3, 0.4) is 0 Å². The molecule has 1 amide bonds. The first-order valence-corrected chi connectivity index (χ1v) is 11.0. The maximum Gasteiger partial charge on any atom is 0.264 e. The van der Waals surface area contributed by atoms with Crippen molar-refractivity contribution in [1.29, 1.82) is 0 Å². The van der Waals surface area contributed by atoms with Crippen LogP contribution in [0.5, 0.6) is 0 Å². The van der Waals surface area contributed by atoms with Gasteiger partial charge < -0.3 is 5.32 Å². The molecule has 0 fully saturated rings. The maximum atomic E-state index is 13.7. The Bertz CT molecular complexity index is 1100. The number of sulfonamides is 1. The highest BCUT2D eigenvalue weighted by Gasteiger charge is 2.24. The molecule has 0 aliphatic carbocycles. The lowest BCUT2D eigenvalue weighted by Gasteiger charge is -2.24. The van der Waals surface area contributed by atoms with Gasteiger partial charge in [-0.2, -0.15) is 0 Å². The van der Waals surface area contributed by atoms with E-state index in [4.69, 9.17) is 0 Å². The van der Waals surface area contributed by atoms with Gasteiger partial charge in [0.2, 0.25) is 0 Å². The van der Waals surface area contributed by atoms with Gasteiger partial charge in [-0.15, -0.1) is 0 Å². The normalized spacial score (nSPS) is 11.1. The first-order valence-electron chi connectivity index (χ1n) is 9.57. The second-order valence-corrected chi connectivity index (χ2v) is 8.68. The van der Waals surface area contributed by atoms with Crippen LogP contribution in [0.25, 0.3) is 0 Å². The highest BCUT2D eigenvalue weighted by atomic mass is 32.2. The van der Waals surface area contributed by atoms with Crippen molar-refractivity contribution in [2.75, 3.05) is 17.4 Å². The summed E-state index contributed by atoms with van der Waals surface area (Å²) in [6.45, 7) is 2.27. The zero-order valence-electron chi connectivity index (χ0n) is 16.6. The molecule has 3 aromatic rings. The first kappa shape index (κ1) is 21.5. The van der Waals surface area contributed by atoms with E-state index < -0.39 is 21.7 Å². The van der Waals surface area contributed by atoms with E-state index in [0.29, 0.717) is 12.1 Å². The summed E-state index contributed by atoms with van der Waals surface area (Å²) >= 11 is 0. The summed E-state index contributed by atoms with van der Waals surface area (Å²) in [5.74, 6) is -1.12. The summed E-state index contributed by atoms with van der Waals surface area (Å²) in [4.78, 5) is 12.3. The third-order valence-electron chi connectivity index (χ3n) is 4.60. The van der Waals surface area contributed by atoms with Crippen LogP contribution in [-0.2, 0) is 10.0 Å². The summed E-state index contributed by atoms with van der Waals surface area (Å²) in [5, 5.41) is 2.64. The van der Waals surface area contributed by atoms with Crippen molar-refractivity contribution < 1.29 is 17.6 Å². The van der Waals surface area contributed by atoms with Crippen molar-refractivity contribution in [3.8, 4) is 0 Å². The lowest BCUT2D eigenvalue weighted by atomic mass is 10.2. The minimum absolute atomic E-state index is 0.0373. The second kappa shape index (κ2) is 9.54. The molecule has 0 saturated carbocycles. The van der Waals surface area contributed by atoms with Crippen molar-refractivity contribution in [3.05, 3.63) is 95.8 Å². The highest BCUT2D eigenvalue weighted by molar-refractivity contribution is 7.92. The summed E-state index contributed by atoms with van der Waals surface area (Å²) in [7, 11) is -3.77. The van der Waals surface area contributed by atoms with Crippen LogP contribution in [0.2, 0.25) is 0 Å². The fraction of sp³-hybridized carbons (Fsp3) is 0.174. The molecule has 0 heterocycles. The molecule has 0 aromatic heterocycles. The number of carbonyl (C=O) groups excluding carboxylic acids is 1. The number of nitrogens with one attached hydrogen (secondary N) is 1. The number of para-hydroxylation sites is 1. The molecule has 0 bridgehead atoms. The molecule has 30 heavy (non-hydrogen) atoms. The van der Waals surface area contributed by atoms with Crippen LogP contribution in [-0.4, -0.2) is 27.4 Å². The highest BCUT2D eigenvalue weighted by Crippen LogP contribution is 2.24. The number of amides is 1. The fourth-order valence-corrected chi connectivity index (χ4v) is 4.49. The van der Waals surface area contributed by atoms with Gasteiger partial charge in [0.25, 0.3) is 15.9 Å². The quantitative estimate of drug-likeness (QED) is 0.551. The van der Waals surface area contributed by atoms with Gasteiger partial charge in [0, 0.05) is 13.1 Å². The number of benzene rings is 3. The lowest BCUT2D eigenvalue weighted by molar-refractivity contribution is 0.0949. The van der Waals surface area contributed by atoms with Crippen LogP contribution in [0.1, 0.15) is 22.3 Å². The minimum atomic E-state index is -3.77. The molecular formula is C23H23FN2O3S. The van der Waals surface area contributed by atoms with Gasteiger partial charge in [0.1, 0.15) is 5.82 Å². The van der Waals surface area contributed by atoms with Gasteiger partial charge >= 0.3 is 0 Å². The van der Waals surface area contributed by atoms with E-state index >= 15 is 0 Å². The number of aryl methyl sites for hydroxylation is 1. The summed E-state index contributed by atoms with van der Waals surface area (Å²) in [6.07, 6.45) is 0.361. The fourth-order valence-electron chi connectivity index (χ4n) is 2.98. The van der Waals surface area contributed by atoms with E-state index in [1.54, 1.807) is 54.6 Å². The Balaban J connectivity index is 1.72. The molecule has 0 saturated heterocycles. The van der Waals surface area contributed by atoms with E-state index in [1.165, 1.54) is 22.5 Å². The Morgan fingerprint density at radius 3 is 2.23 bits per heavy atom. The molecule has 0 unspecified atom stereocenters. The zero-order chi connectivity index (χ0) is 21.6. The van der Waals surface area contributed by atoms with Gasteiger partial charge in [-0.3, -0.25) is 9.10 Å². The van der Waals surface area contributed by atoms with Crippen molar-refractivity contribution in [2.45, 2.75) is 18.2 Å². The number of rotatable bonds is 8. The Morgan fingerprint density at radius 2 is 1.57 bits per heavy atom. The van der Waals surface area contributed by atoms with Gasteiger partial charge in [0.05, 0.1) is 16.1 Å². The van der Waals surface area contributed by atoms with Gasteiger partial charge in [0.15, 0.2) is 0 Å². The van der Waals surface area contributed by atoms with Crippen molar-refractivity contribution in [1.82, 2.24) is 5.32 Å². The van der Waals surface area contributed by atoms with Crippen molar-refractivity contribution in [3.63, 3.8) is 0 Å². The predicted molar refractivity (Wildman–Crippen MR) is 116 cm³/mol. The average molecular weight is 427 g/mol. The molecular weight excluding hydrogens is 403 g/mol. The lowest BCUT2D eigenvalue weighted by Crippen LogP contribution is -2.34. The molecule has 0 aliphatic rings. The minimum Gasteiger partial charge on any atom is -0.352 e. The average Bonchev–Trinajstić information content (AvgIpc) is 2.74. The van der Waals surface area contributed by atoms with Crippen LogP contribution < -0.4 is 9.62 Å². The molecule has 156 valence electrons. The molecule has 0 atom stereocenters. The van der Waals surface area contributed by atoms with Crippen LogP contribution in [0, 0.1) is 12.7 Å². The molecule has 5 nitrogen and oxygen atoms in total. The monoisotopic (exact) mass is 426 g/mol. The summed E-state index contributed by atoms with van der Waals surface area (Å²) < 4.78 is 41.5. The molecule has 7 heteroatoms. The number of hydrogen-bond acceptors (Lipinski definition) is 3. The third-order valence-corrected chi connectivity index (χ3v) is 6.44. The predicted octanol–water partition coefficient (Wildman–Crippen LogP) is 4.15. The summed E-state index contributed by atoms with van der Waals surface area (Å²) in [5.41, 5.74) is 1.47. The Labute approximate surface area is 176 Å². The smallest absolute Gasteiger partial charge is 0.264 e. The third kappa shape index (κ3) is 5.04. The van der Waals surface area contributed by atoms with E-state index in [2.05, 4.69) is 5.32 Å². The summed E-state index contributed by atoms with van der Waals surface area (Å²) in [6, 6.07) is 21.2. The number of nitrogens with zero attached hydrogens (tertiary/aromatic N) is 1. The largest absolute Gasteiger partial charge is 0.352 e. The topological polar surface area (TPSA) is 66.5 Å². The number of hydrogen-bond donors (Lipinski definition) is 1. The van der Waals surface area contributed by atoms with Gasteiger partial charge in [-0.1, -0.05) is 48.0 Å². The molecule has 0 spiro atoms. The van der Waals surface area contributed by atoms with Crippen LogP contribution in [0.15, 0.2) is 83.8 Å². The number of carbonyl (C=O) groups is 1. The van der Waals surface area contributed by atoms with E-state index in [1.807, 2.05) is 13.0 Å². The number of halogens is 1. The van der Waals surface area contributed by atoms with E-state index in [-0.39, 0.29) is 23.5 Å². The first-order chi connectivity index (χ1) is 14.4. The van der Waals surface area contributed by atoms with Gasteiger partial charge in [-0.25, -0.2) is 12.8 Å². The molecule has 0 radical (unpaired) electrons. The molecule has 3 rings (SSSR count). The Hall–Kier alpha value is -3.19. The standard InChI is InChI=1S/C23H23FN2O3S/c1-18-12-14-20(15-13-18)30(28,29)26(19-8-3-2-4-9-19)17-7-16-25-23(27)21-10-5-6-11-22(21)24/h2-6,8-15H,7,16-17H2,1H3,(H,25,27). The Kier molecular flexibility index (Phi) is 6.84.